The van der Waals surface area contributed by atoms with Crippen molar-refractivity contribution in [3.8, 4) is 5.88 Å². The van der Waals surface area contributed by atoms with Crippen molar-refractivity contribution in [1.82, 2.24) is 9.97 Å². The summed E-state index contributed by atoms with van der Waals surface area (Å²) in [6.07, 6.45) is 5.34. The van der Waals surface area contributed by atoms with Gasteiger partial charge in [0.2, 0.25) is 5.82 Å². The highest BCUT2D eigenvalue weighted by Gasteiger charge is 2.32. The Labute approximate surface area is 124 Å². The van der Waals surface area contributed by atoms with Gasteiger partial charge >= 0.3 is 5.69 Å². The summed E-state index contributed by atoms with van der Waals surface area (Å²) in [5, 5.41) is 11.5. The lowest BCUT2D eigenvalue weighted by Gasteiger charge is -2.35. The summed E-state index contributed by atoms with van der Waals surface area (Å²) in [6, 6.07) is 0.291. The summed E-state index contributed by atoms with van der Waals surface area (Å²) in [7, 11) is 0. The molecule has 1 fully saturated rings. The molecule has 0 aliphatic carbocycles. The van der Waals surface area contributed by atoms with Crippen LogP contribution in [0.15, 0.2) is 6.33 Å². The zero-order valence-electron chi connectivity index (χ0n) is 12.8. The average molecular weight is 294 g/mol. The highest BCUT2D eigenvalue weighted by Crippen LogP contribution is 2.37. The first-order valence-electron chi connectivity index (χ1n) is 7.47. The van der Waals surface area contributed by atoms with E-state index in [0.717, 1.165) is 32.2 Å². The third-order valence-electron chi connectivity index (χ3n) is 3.67. The number of aromatic nitrogens is 2. The van der Waals surface area contributed by atoms with E-state index in [4.69, 9.17) is 4.74 Å². The zero-order valence-corrected chi connectivity index (χ0v) is 12.8. The number of rotatable bonds is 5. The third kappa shape index (κ3) is 3.40. The topological polar surface area (TPSA) is 81.4 Å². The highest BCUT2D eigenvalue weighted by atomic mass is 16.6. The fraction of sp³-hybridized carbons (Fsp3) is 0.714. The predicted molar refractivity (Wildman–Crippen MR) is 79.7 cm³/mol. The second kappa shape index (κ2) is 6.69. The van der Waals surface area contributed by atoms with E-state index in [1.807, 2.05) is 18.7 Å². The molecule has 7 heteroatoms. The molecule has 116 valence electrons. The van der Waals surface area contributed by atoms with Gasteiger partial charge in [0, 0.05) is 12.6 Å². The van der Waals surface area contributed by atoms with E-state index in [2.05, 4.69) is 16.9 Å². The second-order valence-corrected chi connectivity index (χ2v) is 5.53. The lowest BCUT2D eigenvalue weighted by atomic mass is 10.00. The fourth-order valence-corrected chi connectivity index (χ4v) is 2.74. The number of nitro groups is 1. The maximum absolute atomic E-state index is 11.5. The Bertz CT molecular complexity index is 507. The molecule has 7 nitrogen and oxygen atoms in total. The van der Waals surface area contributed by atoms with Crippen molar-refractivity contribution in [2.24, 2.45) is 0 Å². The Kier molecular flexibility index (Phi) is 4.93. The number of anilines is 1. The molecule has 1 atom stereocenters. The van der Waals surface area contributed by atoms with E-state index in [-0.39, 0.29) is 17.7 Å². The summed E-state index contributed by atoms with van der Waals surface area (Å²) in [5.41, 5.74) is -0.119. The first-order chi connectivity index (χ1) is 10.0. The molecule has 21 heavy (non-hydrogen) atoms. The molecular weight excluding hydrogens is 272 g/mol. The first-order valence-corrected chi connectivity index (χ1v) is 7.47. The third-order valence-corrected chi connectivity index (χ3v) is 3.67. The molecule has 1 aromatic rings. The maximum Gasteiger partial charge on any atom is 0.372 e. The quantitative estimate of drug-likeness (QED) is 0.613. The smallest absolute Gasteiger partial charge is 0.372 e. The fourth-order valence-electron chi connectivity index (χ4n) is 2.74. The van der Waals surface area contributed by atoms with E-state index >= 15 is 0 Å². The number of nitrogens with zero attached hydrogens (tertiary/aromatic N) is 4. The molecule has 1 saturated heterocycles. The van der Waals surface area contributed by atoms with Gasteiger partial charge in [0.15, 0.2) is 0 Å². The lowest BCUT2D eigenvalue weighted by Crippen LogP contribution is -2.40. The Morgan fingerprint density at radius 3 is 2.86 bits per heavy atom. The molecule has 0 saturated carbocycles. The number of hydrogen-bond donors (Lipinski definition) is 0. The van der Waals surface area contributed by atoms with Gasteiger partial charge in [-0.1, -0.05) is 6.92 Å². The van der Waals surface area contributed by atoms with Crippen molar-refractivity contribution in [2.75, 3.05) is 11.4 Å². The summed E-state index contributed by atoms with van der Waals surface area (Å²) in [6.45, 7) is 6.53. The van der Waals surface area contributed by atoms with E-state index in [0.29, 0.717) is 11.9 Å². The van der Waals surface area contributed by atoms with Gasteiger partial charge in [0.1, 0.15) is 6.33 Å². The van der Waals surface area contributed by atoms with Crippen LogP contribution in [0.1, 0.15) is 46.5 Å². The van der Waals surface area contributed by atoms with Gasteiger partial charge in [-0.2, -0.15) is 4.98 Å². The predicted octanol–water partition coefficient (Wildman–Crippen LogP) is 2.94. The lowest BCUT2D eigenvalue weighted by molar-refractivity contribution is -0.385. The van der Waals surface area contributed by atoms with E-state index in [1.54, 1.807) is 0 Å². The molecule has 1 aromatic heterocycles. The molecule has 1 aliphatic heterocycles. The summed E-state index contributed by atoms with van der Waals surface area (Å²) in [5.74, 6) is 0.442. The minimum absolute atomic E-state index is 0.0560. The molecule has 0 amide bonds. The minimum atomic E-state index is -0.436. The van der Waals surface area contributed by atoms with Crippen molar-refractivity contribution >= 4 is 11.5 Å². The summed E-state index contributed by atoms with van der Waals surface area (Å²) >= 11 is 0. The number of hydrogen-bond acceptors (Lipinski definition) is 6. The van der Waals surface area contributed by atoms with E-state index < -0.39 is 4.92 Å². The number of ether oxygens (including phenoxy) is 1. The van der Waals surface area contributed by atoms with Gasteiger partial charge in [-0.05, 0) is 39.5 Å². The second-order valence-electron chi connectivity index (χ2n) is 5.53. The van der Waals surface area contributed by atoms with Crippen LogP contribution in [0.5, 0.6) is 5.88 Å². The molecule has 0 spiro atoms. The molecular formula is C14H22N4O3. The normalized spacial score (nSPS) is 18.9. The molecule has 0 N–H and O–H groups in total. The SMILES string of the molecule is CCC1CCCCN1c1ncnc(OC(C)C)c1[N+](=O)[O-]. The summed E-state index contributed by atoms with van der Waals surface area (Å²) < 4.78 is 5.49. The van der Waals surface area contributed by atoms with Crippen LogP contribution in [0, 0.1) is 10.1 Å². The van der Waals surface area contributed by atoms with Crippen molar-refractivity contribution in [1.29, 1.82) is 0 Å². The maximum atomic E-state index is 11.5. The van der Waals surface area contributed by atoms with Crippen LogP contribution >= 0.6 is 0 Å². The zero-order chi connectivity index (χ0) is 15.4. The van der Waals surface area contributed by atoms with Gasteiger partial charge in [-0.15, -0.1) is 0 Å². The molecule has 1 aliphatic rings. The van der Waals surface area contributed by atoms with E-state index in [9.17, 15) is 10.1 Å². The van der Waals surface area contributed by atoms with Crippen LogP contribution in [-0.4, -0.2) is 33.6 Å². The van der Waals surface area contributed by atoms with Crippen LogP contribution in [-0.2, 0) is 0 Å². The highest BCUT2D eigenvalue weighted by molar-refractivity contribution is 5.63. The van der Waals surface area contributed by atoms with Gasteiger partial charge in [-0.3, -0.25) is 10.1 Å². The Balaban J connectivity index is 2.44. The van der Waals surface area contributed by atoms with Gasteiger partial charge in [0.05, 0.1) is 11.0 Å². The standard InChI is InChI=1S/C14H22N4O3/c1-4-11-7-5-6-8-17(11)13-12(18(19)20)14(16-9-15-13)21-10(2)3/h9-11H,4-8H2,1-3H3. The van der Waals surface area contributed by atoms with Crippen LogP contribution in [0.3, 0.4) is 0 Å². The monoisotopic (exact) mass is 294 g/mol. The van der Waals surface area contributed by atoms with Gasteiger partial charge in [-0.25, -0.2) is 4.98 Å². The molecule has 1 unspecified atom stereocenters. The van der Waals surface area contributed by atoms with Crippen LogP contribution in [0.2, 0.25) is 0 Å². The van der Waals surface area contributed by atoms with Gasteiger partial charge in [0.25, 0.3) is 5.88 Å². The molecule has 2 heterocycles. The van der Waals surface area contributed by atoms with Crippen LogP contribution in [0.25, 0.3) is 0 Å². The van der Waals surface area contributed by atoms with Crippen molar-refractivity contribution in [3.63, 3.8) is 0 Å². The Morgan fingerprint density at radius 1 is 1.48 bits per heavy atom. The largest absolute Gasteiger partial charge is 0.470 e. The van der Waals surface area contributed by atoms with Crippen LogP contribution in [0.4, 0.5) is 11.5 Å². The first kappa shape index (κ1) is 15.5. The van der Waals surface area contributed by atoms with Crippen molar-refractivity contribution < 1.29 is 9.66 Å². The van der Waals surface area contributed by atoms with Gasteiger partial charge < -0.3 is 9.64 Å². The molecule has 2 rings (SSSR count). The van der Waals surface area contributed by atoms with E-state index in [1.165, 1.54) is 6.33 Å². The molecule has 0 aromatic carbocycles. The van der Waals surface area contributed by atoms with Crippen molar-refractivity contribution in [3.05, 3.63) is 16.4 Å². The molecule has 0 radical (unpaired) electrons. The summed E-state index contributed by atoms with van der Waals surface area (Å²) in [4.78, 5) is 21.2. The average Bonchev–Trinajstić information content (AvgIpc) is 2.46. The molecule has 0 bridgehead atoms. The Hall–Kier alpha value is -1.92. The number of piperidine rings is 1. The van der Waals surface area contributed by atoms with Crippen LogP contribution < -0.4 is 9.64 Å². The Morgan fingerprint density at radius 2 is 2.24 bits per heavy atom. The minimum Gasteiger partial charge on any atom is -0.470 e. The van der Waals surface area contributed by atoms with Crippen molar-refractivity contribution in [2.45, 2.75) is 58.6 Å².